The molecule has 19 heavy (non-hydrogen) atoms. The maximum atomic E-state index is 9.50. The molecule has 1 aromatic rings. The Morgan fingerprint density at radius 3 is 2.74 bits per heavy atom. The summed E-state index contributed by atoms with van der Waals surface area (Å²) in [5.74, 6) is 3.85. The minimum absolute atomic E-state index is 0.433. The van der Waals surface area contributed by atoms with Crippen molar-refractivity contribution in [3.05, 3.63) is 23.9 Å². The van der Waals surface area contributed by atoms with Gasteiger partial charge in [-0.25, -0.2) is 4.98 Å². The Hall–Kier alpha value is -1.09. The summed E-state index contributed by atoms with van der Waals surface area (Å²) in [6.07, 6.45) is 7.15. The molecule has 4 unspecified atom stereocenters. The van der Waals surface area contributed by atoms with Crippen molar-refractivity contribution in [1.29, 1.82) is 0 Å². The zero-order valence-electron chi connectivity index (χ0n) is 11.9. The van der Waals surface area contributed by atoms with Gasteiger partial charge in [-0.15, -0.1) is 0 Å². The summed E-state index contributed by atoms with van der Waals surface area (Å²) in [7, 11) is 2.14. The molecule has 2 fully saturated rings. The fourth-order valence-corrected chi connectivity index (χ4v) is 3.92. The number of pyridine rings is 1. The second kappa shape index (κ2) is 5.12. The number of aliphatic hydroxyl groups excluding tert-OH is 1. The Bertz CT molecular complexity index is 429. The summed E-state index contributed by atoms with van der Waals surface area (Å²) in [5, 5.41) is 9.50. The van der Waals surface area contributed by atoms with Crippen LogP contribution in [-0.4, -0.2) is 23.7 Å². The molecule has 0 amide bonds. The Balaban J connectivity index is 1.62. The van der Waals surface area contributed by atoms with E-state index in [-0.39, 0.29) is 0 Å². The average molecular weight is 260 g/mol. The summed E-state index contributed by atoms with van der Waals surface area (Å²) >= 11 is 0. The zero-order chi connectivity index (χ0) is 13.4. The molecule has 3 nitrogen and oxygen atoms in total. The van der Waals surface area contributed by atoms with E-state index in [4.69, 9.17) is 0 Å². The largest absolute Gasteiger partial charge is 0.389 e. The van der Waals surface area contributed by atoms with Crippen LogP contribution in [0.5, 0.6) is 0 Å². The topological polar surface area (TPSA) is 36.4 Å². The first-order valence-corrected chi connectivity index (χ1v) is 7.48. The van der Waals surface area contributed by atoms with Crippen molar-refractivity contribution in [2.24, 2.45) is 17.8 Å². The molecule has 2 aliphatic rings. The van der Waals surface area contributed by atoms with Crippen LogP contribution >= 0.6 is 0 Å². The molecule has 2 aliphatic carbocycles. The van der Waals surface area contributed by atoms with Gasteiger partial charge in [-0.2, -0.15) is 0 Å². The van der Waals surface area contributed by atoms with Crippen molar-refractivity contribution >= 4 is 5.82 Å². The van der Waals surface area contributed by atoms with Crippen LogP contribution in [0, 0.1) is 17.8 Å². The molecular formula is C16H24N2O. The Morgan fingerprint density at radius 1 is 1.37 bits per heavy atom. The molecule has 104 valence electrons. The number of hydrogen-bond acceptors (Lipinski definition) is 3. The minimum atomic E-state index is -0.433. The van der Waals surface area contributed by atoms with E-state index in [2.05, 4.69) is 16.9 Å². The van der Waals surface area contributed by atoms with E-state index < -0.39 is 6.10 Å². The number of hydrogen-bond donors (Lipinski definition) is 1. The highest BCUT2D eigenvalue weighted by molar-refractivity contribution is 5.38. The SMILES string of the molecule is CC(O)c1ccc(N(C)CC2CC3CCC2C3)nc1. The molecule has 3 heteroatoms. The van der Waals surface area contributed by atoms with E-state index >= 15 is 0 Å². The minimum Gasteiger partial charge on any atom is -0.389 e. The van der Waals surface area contributed by atoms with E-state index in [1.807, 2.05) is 12.1 Å². The highest BCUT2D eigenvalue weighted by atomic mass is 16.3. The molecule has 3 rings (SSSR count). The van der Waals surface area contributed by atoms with Gasteiger partial charge in [-0.1, -0.05) is 12.5 Å². The fourth-order valence-electron chi connectivity index (χ4n) is 3.92. The van der Waals surface area contributed by atoms with Crippen molar-refractivity contribution in [1.82, 2.24) is 4.98 Å². The third kappa shape index (κ3) is 2.62. The van der Waals surface area contributed by atoms with Crippen molar-refractivity contribution in [2.45, 2.75) is 38.7 Å². The van der Waals surface area contributed by atoms with E-state index in [1.165, 1.54) is 25.7 Å². The second-order valence-corrected chi connectivity index (χ2v) is 6.44. The van der Waals surface area contributed by atoms with Crippen LogP contribution in [0.3, 0.4) is 0 Å². The van der Waals surface area contributed by atoms with E-state index in [0.717, 1.165) is 35.7 Å². The van der Waals surface area contributed by atoms with Crippen LogP contribution in [0.1, 0.15) is 44.3 Å². The van der Waals surface area contributed by atoms with Crippen molar-refractivity contribution in [2.75, 3.05) is 18.5 Å². The predicted octanol–water partition coefficient (Wildman–Crippen LogP) is 3.01. The van der Waals surface area contributed by atoms with Crippen LogP contribution in [0.2, 0.25) is 0 Å². The van der Waals surface area contributed by atoms with Crippen LogP contribution in [0.15, 0.2) is 18.3 Å². The lowest BCUT2D eigenvalue weighted by molar-refractivity contribution is 0.199. The molecule has 1 N–H and O–H groups in total. The molecule has 0 saturated heterocycles. The van der Waals surface area contributed by atoms with Gasteiger partial charge in [-0.05, 0) is 55.6 Å². The number of rotatable bonds is 4. The molecule has 0 aromatic carbocycles. The lowest BCUT2D eigenvalue weighted by atomic mass is 9.88. The molecular weight excluding hydrogens is 236 g/mol. The smallest absolute Gasteiger partial charge is 0.128 e. The summed E-state index contributed by atoms with van der Waals surface area (Å²) in [6, 6.07) is 4.00. The van der Waals surface area contributed by atoms with Gasteiger partial charge in [0.05, 0.1) is 6.10 Å². The third-order valence-corrected chi connectivity index (χ3v) is 5.04. The van der Waals surface area contributed by atoms with Gasteiger partial charge in [0.2, 0.25) is 0 Å². The molecule has 0 aliphatic heterocycles. The standard InChI is InChI=1S/C16H24N2O/c1-11(19)14-5-6-16(17-9-14)18(2)10-15-8-12-3-4-13(15)7-12/h5-6,9,11-13,15,19H,3-4,7-8,10H2,1-2H3. The lowest BCUT2D eigenvalue weighted by Gasteiger charge is -2.28. The monoisotopic (exact) mass is 260 g/mol. The Labute approximate surface area is 115 Å². The number of nitrogens with zero attached hydrogens (tertiary/aromatic N) is 2. The second-order valence-electron chi connectivity index (χ2n) is 6.44. The maximum absolute atomic E-state index is 9.50. The normalized spacial score (nSPS) is 30.6. The lowest BCUT2D eigenvalue weighted by Crippen LogP contribution is -2.29. The van der Waals surface area contributed by atoms with Crippen molar-refractivity contribution < 1.29 is 5.11 Å². The Morgan fingerprint density at radius 2 is 2.21 bits per heavy atom. The molecule has 1 aromatic heterocycles. The first kappa shape index (κ1) is 12.9. The maximum Gasteiger partial charge on any atom is 0.128 e. The summed E-state index contributed by atoms with van der Waals surface area (Å²) in [6.45, 7) is 2.90. The molecule has 2 bridgehead atoms. The van der Waals surface area contributed by atoms with E-state index in [1.54, 1.807) is 13.1 Å². The highest BCUT2D eigenvalue weighted by Crippen LogP contribution is 2.48. The summed E-state index contributed by atoms with van der Waals surface area (Å²) in [4.78, 5) is 6.74. The van der Waals surface area contributed by atoms with Crippen LogP contribution in [-0.2, 0) is 0 Å². The van der Waals surface area contributed by atoms with Gasteiger partial charge >= 0.3 is 0 Å². The quantitative estimate of drug-likeness (QED) is 0.904. The van der Waals surface area contributed by atoms with Gasteiger partial charge in [0.25, 0.3) is 0 Å². The molecule has 0 spiro atoms. The summed E-state index contributed by atoms with van der Waals surface area (Å²) in [5.41, 5.74) is 0.886. The van der Waals surface area contributed by atoms with Crippen LogP contribution in [0.25, 0.3) is 0 Å². The number of aromatic nitrogens is 1. The van der Waals surface area contributed by atoms with Gasteiger partial charge in [0.15, 0.2) is 0 Å². The van der Waals surface area contributed by atoms with Gasteiger partial charge < -0.3 is 10.0 Å². The zero-order valence-corrected chi connectivity index (χ0v) is 11.9. The van der Waals surface area contributed by atoms with E-state index in [0.29, 0.717) is 0 Å². The van der Waals surface area contributed by atoms with Crippen molar-refractivity contribution in [3.8, 4) is 0 Å². The van der Waals surface area contributed by atoms with Crippen molar-refractivity contribution in [3.63, 3.8) is 0 Å². The first-order valence-electron chi connectivity index (χ1n) is 7.48. The molecule has 0 radical (unpaired) electrons. The number of fused-ring (bicyclic) bond motifs is 2. The molecule has 4 atom stereocenters. The third-order valence-electron chi connectivity index (χ3n) is 5.04. The van der Waals surface area contributed by atoms with Crippen LogP contribution in [0.4, 0.5) is 5.82 Å². The Kier molecular flexibility index (Phi) is 3.48. The highest BCUT2D eigenvalue weighted by Gasteiger charge is 2.39. The fraction of sp³-hybridized carbons (Fsp3) is 0.688. The summed E-state index contributed by atoms with van der Waals surface area (Å²) < 4.78 is 0. The average Bonchev–Trinajstić information content (AvgIpc) is 3.01. The number of aliphatic hydroxyl groups is 1. The molecule has 1 heterocycles. The van der Waals surface area contributed by atoms with Gasteiger partial charge in [-0.3, -0.25) is 0 Å². The molecule has 2 saturated carbocycles. The van der Waals surface area contributed by atoms with Crippen LogP contribution < -0.4 is 4.90 Å². The number of anilines is 1. The van der Waals surface area contributed by atoms with Gasteiger partial charge in [0, 0.05) is 19.8 Å². The first-order chi connectivity index (χ1) is 9.13. The predicted molar refractivity (Wildman–Crippen MR) is 77.1 cm³/mol. The van der Waals surface area contributed by atoms with Gasteiger partial charge in [0.1, 0.15) is 5.82 Å². The van der Waals surface area contributed by atoms with E-state index in [9.17, 15) is 5.11 Å².